The zero-order valence-electron chi connectivity index (χ0n) is 24.2. The number of hydrogen-bond acceptors (Lipinski definition) is 9. The third kappa shape index (κ3) is 8.66. The van der Waals surface area contributed by atoms with Gasteiger partial charge in [-0.05, 0) is 22.3 Å². The number of amides is 2. The fraction of sp³-hybridized carbons (Fsp3) is 0.312. The summed E-state index contributed by atoms with van der Waals surface area (Å²) in [6.07, 6.45) is 1.53. The quantitative estimate of drug-likeness (QED) is 0.136. The summed E-state index contributed by atoms with van der Waals surface area (Å²) in [5, 5.41) is 22.5. The number of thioether (sulfide) groups is 1. The Balaban J connectivity index is 1.20. The number of urea groups is 1. The van der Waals surface area contributed by atoms with Crippen molar-refractivity contribution in [1.82, 2.24) is 25.8 Å². The number of methoxy groups -OCH3 is 1. The number of H-pyrrole nitrogens is 1. The van der Waals surface area contributed by atoms with Crippen LogP contribution in [0.1, 0.15) is 46.6 Å². The van der Waals surface area contributed by atoms with E-state index >= 15 is 0 Å². The minimum absolute atomic E-state index is 0.0175. The predicted octanol–water partition coefficient (Wildman–Crippen LogP) is 4.22. The molecule has 5 rings (SSSR count). The molecular formula is C32H35N5O6S. The van der Waals surface area contributed by atoms with Crippen LogP contribution in [-0.2, 0) is 38.6 Å². The topological polar surface area (TPSA) is 148 Å². The smallest absolute Gasteiger partial charge is 0.328 e. The molecular weight excluding hydrogens is 582 g/mol. The van der Waals surface area contributed by atoms with Crippen molar-refractivity contribution in [1.29, 1.82) is 0 Å². The summed E-state index contributed by atoms with van der Waals surface area (Å²) in [4.78, 5) is 29.1. The lowest BCUT2D eigenvalue weighted by molar-refractivity contribution is -0.245. The maximum Gasteiger partial charge on any atom is 0.328 e. The van der Waals surface area contributed by atoms with E-state index in [0.717, 1.165) is 33.0 Å². The maximum absolute atomic E-state index is 12.6. The van der Waals surface area contributed by atoms with E-state index in [9.17, 15) is 14.7 Å². The molecule has 0 aliphatic carbocycles. The molecule has 0 bridgehead atoms. The monoisotopic (exact) mass is 617 g/mol. The van der Waals surface area contributed by atoms with Crippen LogP contribution in [0.25, 0.3) is 0 Å². The number of aromatic amines is 1. The molecule has 12 heteroatoms. The Kier molecular flexibility index (Phi) is 11.0. The first kappa shape index (κ1) is 31.2. The number of aliphatic hydroxyl groups excluding tert-OH is 1. The van der Waals surface area contributed by atoms with E-state index in [2.05, 4.69) is 25.8 Å². The van der Waals surface area contributed by atoms with Crippen LogP contribution < -0.4 is 10.6 Å². The highest BCUT2D eigenvalue weighted by Crippen LogP contribution is 2.39. The van der Waals surface area contributed by atoms with Crippen molar-refractivity contribution in [3.63, 3.8) is 0 Å². The van der Waals surface area contributed by atoms with Crippen molar-refractivity contribution >= 4 is 23.8 Å². The van der Waals surface area contributed by atoms with Crippen LogP contribution in [0.3, 0.4) is 0 Å². The number of hydrogen-bond donors (Lipinski definition) is 4. The highest BCUT2D eigenvalue weighted by Gasteiger charge is 2.32. The number of nitrogens with zero attached hydrogens (tertiary/aromatic N) is 2. The van der Waals surface area contributed by atoms with E-state index in [1.54, 1.807) is 0 Å². The molecule has 1 fully saturated rings. The molecule has 11 nitrogen and oxygen atoms in total. The van der Waals surface area contributed by atoms with Crippen LogP contribution in [0.5, 0.6) is 0 Å². The first-order valence-corrected chi connectivity index (χ1v) is 15.2. The molecule has 1 aliphatic heterocycles. The molecule has 1 aromatic heterocycles. The molecule has 4 aromatic rings. The lowest BCUT2D eigenvalue weighted by Gasteiger charge is -2.36. The summed E-state index contributed by atoms with van der Waals surface area (Å²) >= 11 is 1.54. The minimum Gasteiger partial charge on any atom is -0.467 e. The van der Waals surface area contributed by atoms with Gasteiger partial charge in [0, 0.05) is 30.7 Å². The van der Waals surface area contributed by atoms with Crippen molar-refractivity contribution in [3.8, 4) is 0 Å². The zero-order chi connectivity index (χ0) is 30.7. The van der Waals surface area contributed by atoms with E-state index in [0.29, 0.717) is 18.6 Å². The van der Waals surface area contributed by atoms with Gasteiger partial charge in [-0.2, -0.15) is 5.10 Å². The molecule has 0 saturated carbocycles. The standard InChI is InChI=1S/C32H35N5O6S/c1-41-29(39)27(15-21-5-3-2-4-6-21)36-31(40)33-17-22-7-13-25(14-8-22)30-42-26(19-44-32-34-20-35-37-32)16-28(43-30)24-11-9-23(18-38)10-12-24/h2-14,20,26-28,30,38H,15-19H2,1H3,(H2,33,36,40)(H,34,35,37)/t26-,27-,28+,30+/m0/s1. The number of aromatic nitrogens is 3. The van der Waals surface area contributed by atoms with Crippen LogP contribution >= 0.6 is 11.8 Å². The van der Waals surface area contributed by atoms with Gasteiger partial charge in [-0.3, -0.25) is 5.10 Å². The van der Waals surface area contributed by atoms with Gasteiger partial charge in [0.1, 0.15) is 12.4 Å². The summed E-state index contributed by atoms with van der Waals surface area (Å²) in [7, 11) is 1.30. The lowest BCUT2D eigenvalue weighted by Crippen LogP contribution is -2.47. The van der Waals surface area contributed by atoms with Crippen molar-refractivity contribution < 1.29 is 28.9 Å². The van der Waals surface area contributed by atoms with Gasteiger partial charge in [0.05, 0.1) is 25.9 Å². The molecule has 230 valence electrons. The Labute approximate surface area is 259 Å². The molecule has 44 heavy (non-hydrogen) atoms. The molecule has 4 atom stereocenters. The molecule has 0 unspecified atom stereocenters. The largest absolute Gasteiger partial charge is 0.467 e. The minimum atomic E-state index is -0.812. The van der Waals surface area contributed by atoms with E-state index in [-0.39, 0.29) is 25.4 Å². The predicted molar refractivity (Wildman–Crippen MR) is 163 cm³/mol. The second kappa shape index (κ2) is 15.5. The van der Waals surface area contributed by atoms with Crippen molar-refractivity contribution in [2.45, 2.75) is 55.7 Å². The van der Waals surface area contributed by atoms with Gasteiger partial charge >= 0.3 is 12.0 Å². The van der Waals surface area contributed by atoms with Gasteiger partial charge < -0.3 is 30.0 Å². The third-order valence-corrected chi connectivity index (χ3v) is 8.20. The lowest BCUT2D eigenvalue weighted by atomic mass is 10.0. The van der Waals surface area contributed by atoms with Crippen LogP contribution in [-0.4, -0.2) is 57.3 Å². The van der Waals surface area contributed by atoms with E-state index in [1.165, 1.54) is 25.2 Å². The highest BCUT2D eigenvalue weighted by atomic mass is 32.2. The number of benzene rings is 3. The third-order valence-electron chi connectivity index (χ3n) is 7.19. The van der Waals surface area contributed by atoms with Gasteiger partial charge in [0.25, 0.3) is 0 Å². The Morgan fingerprint density at radius 2 is 1.73 bits per heavy atom. The van der Waals surface area contributed by atoms with E-state index < -0.39 is 24.3 Å². The van der Waals surface area contributed by atoms with Crippen LogP contribution in [0.15, 0.2) is 90.3 Å². The molecule has 3 aromatic carbocycles. The fourth-order valence-electron chi connectivity index (χ4n) is 4.83. The van der Waals surface area contributed by atoms with Crippen LogP contribution in [0.4, 0.5) is 4.79 Å². The van der Waals surface area contributed by atoms with Gasteiger partial charge in [0.2, 0.25) is 0 Å². The Bertz CT molecular complexity index is 1470. The summed E-state index contributed by atoms with van der Waals surface area (Å²) in [6.45, 7) is 0.240. The van der Waals surface area contributed by atoms with Gasteiger partial charge in [-0.25, -0.2) is 14.6 Å². The molecule has 0 spiro atoms. The molecule has 2 amide bonds. The summed E-state index contributed by atoms with van der Waals surface area (Å²) in [6, 6.07) is 23.5. The van der Waals surface area contributed by atoms with Gasteiger partial charge in [0.15, 0.2) is 11.4 Å². The second-order valence-electron chi connectivity index (χ2n) is 10.3. The Morgan fingerprint density at radius 1 is 1.00 bits per heavy atom. The maximum atomic E-state index is 12.6. The van der Waals surface area contributed by atoms with E-state index in [1.807, 2.05) is 78.9 Å². The Morgan fingerprint density at radius 3 is 2.41 bits per heavy atom. The summed E-state index contributed by atoms with van der Waals surface area (Å²) in [5.74, 6) is 0.148. The van der Waals surface area contributed by atoms with Crippen LogP contribution in [0, 0.1) is 0 Å². The van der Waals surface area contributed by atoms with E-state index in [4.69, 9.17) is 14.2 Å². The fourth-order valence-corrected chi connectivity index (χ4v) is 5.63. The van der Waals surface area contributed by atoms with Gasteiger partial charge in [-0.1, -0.05) is 90.6 Å². The number of carbonyl (C=O) groups excluding carboxylic acids is 2. The first-order chi connectivity index (χ1) is 21.5. The number of aliphatic hydroxyl groups is 1. The Hall–Kier alpha value is -4.23. The first-order valence-electron chi connectivity index (χ1n) is 14.2. The van der Waals surface area contributed by atoms with Crippen molar-refractivity contribution in [2.75, 3.05) is 12.9 Å². The summed E-state index contributed by atoms with van der Waals surface area (Å²) < 4.78 is 17.7. The number of rotatable bonds is 12. The number of ether oxygens (including phenoxy) is 3. The SMILES string of the molecule is COC(=O)[C@H](Cc1ccccc1)NC(=O)NCc1ccc([C@@H]2O[C@H](CSc3ncn[nH]3)C[C@H](c3ccc(CO)cc3)O2)cc1. The van der Waals surface area contributed by atoms with Gasteiger partial charge in [-0.15, -0.1) is 0 Å². The average Bonchev–Trinajstić information content (AvgIpc) is 3.60. The average molecular weight is 618 g/mol. The highest BCUT2D eigenvalue weighted by molar-refractivity contribution is 7.99. The normalized spacial score (nSPS) is 18.7. The molecule has 1 saturated heterocycles. The molecule has 4 N–H and O–H groups in total. The van der Waals surface area contributed by atoms with Crippen molar-refractivity contribution in [2.24, 2.45) is 0 Å². The second-order valence-corrected chi connectivity index (χ2v) is 11.3. The number of esters is 1. The molecule has 0 radical (unpaired) electrons. The molecule has 2 heterocycles. The summed E-state index contributed by atoms with van der Waals surface area (Å²) in [5.41, 5.74) is 4.47. The zero-order valence-corrected chi connectivity index (χ0v) is 25.0. The number of nitrogens with one attached hydrogen (secondary N) is 3. The molecule has 1 aliphatic rings. The van der Waals surface area contributed by atoms with Crippen molar-refractivity contribution in [3.05, 3.63) is 113 Å². The number of carbonyl (C=O) groups is 2. The van der Waals surface area contributed by atoms with Crippen LogP contribution in [0.2, 0.25) is 0 Å².